The lowest BCUT2D eigenvalue weighted by Gasteiger charge is -2.08. The van der Waals surface area contributed by atoms with Crippen molar-refractivity contribution in [1.29, 1.82) is 0 Å². The summed E-state index contributed by atoms with van der Waals surface area (Å²) < 4.78 is 2.05. The first-order valence-corrected chi connectivity index (χ1v) is 9.70. The fourth-order valence-corrected chi connectivity index (χ4v) is 4.35. The van der Waals surface area contributed by atoms with Crippen LogP contribution in [0, 0.1) is 0 Å². The van der Waals surface area contributed by atoms with Crippen LogP contribution in [0.25, 0.3) is 43.4 Å². The minimum atomic E-state index is 0.415. The van der Waals surface area contributed by atoms with Gasteiger partial charge in [0, 0.05) is 42.8 Å². The van der Waals surface area contributed by atoms with Gasteiger partial charge >= 0.3 is 0 Å². The molecule has 5 aromatic rings. The van der Waals surface area contributed by atoms with E-state index in [1.54, 1.807) is 18.6 Å². The lowest BCUT2D eigenvalue weighted by atomic mass is 10.1. The maximum Gasteiger partial charge on any atom is 0.150 e. The third kappa shape index (κ3) is 2.85. The summed E-state index contributed by atoms with van der Waals surface area (Å²) in [5.41, 5.74) is 4.25. The van der Waals surface area contributed by atoms with E-state index in [0.29, 0.717) is 5.15 Å². The molecule has 136 valence electrons. The van der Waals surface area contributed by atoms with Gasteiger partial charge in [-0.05, 0) is 24.3 Å². The SMILES string of the molecule is Cn1ccc2cc(-c3sc(-c4cncnc4)nc3Cl)nc(-c3ccccn3)c21. The van der Waals surface area contributed by atoms with Crippen LogP contribution in [0.2, 0.25) is 5.15 Å². The van der Waals surface area contributed by atoms with Gasteiger partial charge in [-0.3, -0.25) is 4.98 Å². The van der Waals surface area contributed by atoms with E-state index in [2.05, 4.69) is 30.6 Å². The molecule has 0 fully saturated rings. The molecule has 0 atom stereocenters. The van der Waals surface area contributed by atoms with E-state index >= 15 is 0 Å². The molecular formula is C20H13ClN6S. The van der Waals surface area contributed by atoms with Gasteiger partial charge in [0.15, 0.2) is 0 Å². The Labute approximate surface area is 169 Å². The van der Waals surface area contributed by atoms with Crippen molar-refractivity contribution in [2.75, 3.05) is 0 Å². The van der Waals surface area contributed by atoms with Crippen LogP contribution in [0.15, 0.2) is 61.4 Å². The van der Waals surface area contributed by atoms with Gasteiger partial charge in [0.05, 0.1) is 21.8 Å². The Morgan fingerprint density at radius 1 is 1.04 bits per heavy atom. The maximum atomic E-state index is 6.48. The number of fused-ring (bicyclic) bond motifs is 1. The van der Waals surface area contributed by atoms with Crippen molar-refractivity contribution in [2.24, 2.45) is 7.05 Å². The van der Waals surface area contributed by atoms with Crippen molar-refractivity contribution >= 4 is 33.8 Å². The first-order valence-electron chi connectivity index (χ1n) is 8.50. The molecule has 8 heteroatoms. The monoisotopic (exact) mass is 404 g/mol. The van der Waals surface area contributed by atoms with Gasteiger partial charge in [-0.2, -0.15) is 0 Å². The molecular weight excluding hydrogens is 392 g/mol. The Kier molecular flexibility index (Phi) is 4.11. The summed E-state index contributed by atoms with van der Waals surface area (Å²) in [6.45, 7) is 0. The van der Waals surface area contributed by atoms with Crippen LogP contribution in [0.1, 0.15) is 0 Å². The highest BCUT2D eigenvalue weighted by molar-refractivity contribution is 7.19. The summed E-state index contributed by atoms with van der Waals surface area (Å²) in [5.74, 6) is 0. The van der Waals surface area contributed by atoms with Crippen molar-refractivity contribution in [3.8, 4) is 32.5 Å². The molecule has 0 aliphatic heterocycles. The van der Waals surface area contributed by atoms with Gasteiger partial charge in [-0.1, -0.05) is 17.7 Å². The van der Waals surface area contributed by atoms with Crippen LogP contribution < -0.4 is 0 Å². The summed E-state index contributed by atoms with van der Waals surface area (Å²) in [5, 5.41) is 2.25. The molecule has 5 aromatic heterocycles. The molecule has 0 spiro atoms. The predicted octanol–water partition coefficient (Wildman–Crippen LogP) is 4.87. The van der Waals surface area contributed by atoms with E-state index in [9.17, 15) is 0 Å². The van der Waals surface area contributed by atoms with E-state index in [1.807, 2.05) is 37.5 Å². The molecule has 0 aromatic carbocycles. The molecule has 5 rings (SSSR count). The largest absolute Gasteiger partial charge is 0.349 e. The molecule has 0 saturated carbocycles. The first kappa shape index (κ1) is 17.0. The van der Waals surface area contributed by atoms with E-state index in [1.165, 1.54) is 17.7 Å². The summed E-state index contributed by atoms with van der Waals surface area (Å²) in [7, 11) is 2.00. The van der Waals surface area contributed by atoms with Crippen LogP contribution in [0.4, 0.5) is 0 Å². The van der Waals surface area contributed by atoms with Crippen LogP contribution in [0.5, 0.6) is 0 Å². The van der Waals surface area contributed by atoms with Gasteiger partial charge in [0.1, 0.15) is 22.2 Å². The number of thiazole rings is 1. The molecule has 0 saturated heterocycles. The molecule has 0 amide bonds. The van der Waals surface area contributed by atoms with Crippen LogP contribution in [0.3, 0.4) is 0 Å². The average Bonchev–Trinajstić information content (AvgIpc) is 3.32. The third-order valence-electron chi connectivity index (χ3n) is 4.39. The van der Waals surface area contributed by atoms with Gasteiger partial charge in [0.2, 0.25) is 0 Å². The second kappa shape index (κ2) is 6.78. The standard InChI is InChI=1S/C20H13ClN6S/c1-27-7-5-12-8-15(25-16(17(12)27)14-4-2-3-6-24-14)18-19(21)26-20(28-18)13-9-22-11-23-10-13/h2-11H,1H3. The van der Waals surface area contributed by atoms with E-state index in [4.69, 9.17) is 16.6 Å². The average molecular weight is 405 g/mol. The fraction of sp³-hybridized carbons (Fsp3) is 0.0500. The second-order valence-electron chi connectivity index (χ2n) is 6.20. The zero-order valence-corrected chi connectivity index (χ0v) is 16.3. The Morgan fingerprint density at radius 3 is 2.68 bits per heavy atom. The van der Waals surface area contributed by atoms with Gasteiger partial charge in [-0.25, -0.2) is 19.9 Å². The third-order valence-corrected chi connectivity index (χ3v) is 5.90. The number of aromatic nitrogens is 6. The Morgan fingerprint density at radius 2 is 1.89 bits per heavy atom. The van der Waals surface area contributed by atoms with E-state index < -0.39 is 0 Å². The van der Waals surface area contributed by atoms with Crippen LogP contribution in [-0.2, 0) is 7.05 Å². The number of nitrogens with zero attached hydrogens (tertiary/aromatic N) is 6. The first-order chi connectivity index (χ1) is 13.7. The Bertz CT molecular complexity index is 1280. The highest BCUT2D eigenvalue weighted by atomic mass is 35.5. The van der Waals surface area contributed by atoms with Crippen molar-refractivity contribution in [3.63, 3.8) is 0 Å². The van der Waals surface area contributed by atoms with Crippen LogP contribution >= 0.6 is 22.9 Å². The van der Waals surface area contributed by atoms with Crippen molar-refractivity contribution < 1.29 is 0 Å². The zero-order valence-electron chi connectivity index (χ0n) is 14.7. The van der Waals surface area contributed by atoms with E-state index in [-0.39, 0.29) is 0 Å². The number of rotatable bonds is 3. The number of hydrogen-bond donors (Lipinski definition) is 0. The van der Waals surface area contributed by atoms with Crippen LogP contribution in [-0.4, -0.2) is 29.5 Å². The minimum Gasteiger partial charge on any atom is -0.349 e. The molecule has 5 heterocycles. The predicted molar refractivity (Wildman–Crippen MR) is 111 cm³/mol. The minimum absolute atomic E-state index is 0.415. The molecule has 6 nitrogen and oxygen atoms in total. The molecule has 0 N–H and O–H groups in total. The molecule has 28 heavy (non-hydrogen) atoms. The molecule has 0 bridgehead atoms. The number of aryl methyl sites for hydroxylation is 1. The fourth-order valence-electron chi connectivity index (χ4n) is 3.11. The second-order valence-corrected chi connectivity index (χ2v) is 7.56. The number of pyridine rings is 2. The quantitative estimate of drug-likeness (QED) is 0.429. The number of halogens is 1. The smallest absolute Gasteiger partial charge is 0.150 e. The van der Waals surface area contributed by atoms with Crippen molar-refractivity contribution in [3.05, 3.63) is 66.6 Å². The normalized spacial score (nSPS) is 11.2. The molecule has 0 aliphatic carbocycles. The highest BCUT2D eigenvalue weighted by Crippen LogP contribution is 2.39. The van der Waals surface area contributed by atoms with Gasteiger partial charge in [0.25, 0.3) is 0 Å². The maximum absolute atomic E-state index is 6.48. The van der Waals surface area contributed by atoms with E-state index in [0.717, 1.165) is 43.4 Å². The molecule has 0 aliphatic rings. The summed E-state index contributed by atoms with van der Waals surface area (Å²) in [6.07, 6.45) is 8.72. The van der Waals surface area contributed by atoms with Gasteiger partial charge in [-0.15, -0.1) is 11.3 Å². The lowest BCUT2D eigenvalue weighted by molar-refractivity contribution is 0.966. The van der Waals surface area contributed by atoms with Gasteiger partial charge < -0.3 is 4.57 Å². The summed E-state index contributed by atoms with van der Waals surface area (Å²) in [6, 6.07) is 9.91. The lowest BCUT2D eigenvalue weighted by Crippen LogP contribution is -1.95. The topological polar surface area (TPSA) is 69.4 Å². The zero-order chi connectivity index (χ0) is 19.1. The molecule has 0 unspecified atom stereocenters. The van der Waals surface area contributed by atoms with Crippen molar-refractivity contribution in [1.82, 2.24) is 29.5 Å². The summed E-state index contributed by atoms with van der Waals surface area (Å²) >= 11 is 7.95. The number of hydrogen-bond acceptors (Lipinski definition) is 6. The highest BCUT2D eigenvalue weighted by Gasteiger charge is 2.18. The molecule has 0 radical (unpaired) electrons. The summed E-state index contributed by atoms with van der Waals surface area (Å²) in [4.78, 5) is 22.8. The van der Waals surface area contributed by atoms with Crippen molar-refractivity contribution in [2.45, 2.75) is 0 Å². The Hall–Kier alpha value is -3.16. The Balaban J connectivity index is 1.72.